The fourth-order valence-electron chi connectivity index (χ4n) is 0.757. The van der Waals surface area contributed by atoms with Gasteiger partial charge in [0.05, 0.1) is 11.4 Å². The maximum absolute atomic E-state index is 12.6. The molecule has 0 amide bonds. The summed E-state index contributed by atoms with van der Waals surface area (Å²) in [5.41, 5.74) is 10.4. The molecule has 0 heterocycles. The van der Waals surface area contributed by atoms with Crippen molar-refractivity contribution in [1.29, 1.82) is 0 Å². The van der Waals surface area contributed by atoms with Crippen LogP contribution in [-0.4, -0.2) is 0 Å². The molecule has 0 aliphatic heterocycles. The Bertz CT molecular complexity index is 271. The second-order valence-corrected chi connectivity index (χ2v) is 2.29. The molecule has 11 heavy (non-hydrogen) atoms. The standard InChI is InChI=1S/C7H8F2N2/c1-3-4(8)2-5(9)7(11)6(3)10/h2H,10-11H2,1H3. The van der Waals surface area contributed by atoms with Gasteiger partial charge in [-0.3, -0.25) is 0 Å². The lowest BCUT2D eigenvalue weighted by Gasteiger charge is -2.05. The van der Waals surface area contributed by atoms with Gasteiger partial charge in [-0.05, 0) is 6.92 Å². The van der Waals surface area contributed by atoms with E-state index in [0.717, 1.165) is 6.07 Å². The summed E-state index contributed by atoms with van der Waals surface area (Å²) in [6.07, 6.45) is 0. The molecule has 1 rings (SSSR count). The highest BCUT2D eigenvalue weighted by Crippen LogP contribution is 2.24. The van der Waals surface area contributed by atoms with Crippen LogP contribution in [0.2, 0.25) is 0 Å². The Kier molecular flexibility index (Phi) is 1.68. The van der Waals surface area contributed by atoms with Crippen molar-refractivity contribution in [2.75, 3.05) is 11.5 Å². The SMILES string of the molecule is Cc1c(F)cc(F)c(N)c1N. The Hall–Kier alpha value is -1.32. The van der Waals surface area contributed by atoms with Gasteiger partial charge in [-0.15, -0.1) is 0 Å². The van der Waals surface area contributed by atoms with Gasteiger partial charge in [0.15, 0.2) is 5.82 Å². The fraction of sp³-hybridized carbons (Fsp3) is 0.143. The van der Waals surface area contributed by atoms with Crippen molar-refractivity contribution in [2.24, 2.45) is 0 Å². The second-order valence-electron chi connectivity index (χ2n) is 2.29. The average molecular weight is 158 g/mol. The lowest BCUT2D eigenvalue weighted by atomic mass is 10.1. The largest absolute Gasteiger partial charge is 0.397 e. The maximum atomic E-state index is 12.6. The van der Waals surface area contributed by atoms with Gasteiger partial charge in [-0.1, -0.05) is 0 Å². The van der Waals surface area contributed by atoms with E-state index in [4.69, 9.17) is 11.5 Å². The van der Waals surface area contributed by atoms with E-state index in [1.165, 1.54) is 6.92 Å². The van der Waals surface area contributed by atoms with Crippen molar-refractivity contribution in [2.45, 2.75) is 6.92 Å². The third-order valence-corrected chi connectivity index (χ3v) is 1.56. The van der Waals surface area contributed by atoms with Crippen LogP contribution >= 0.6 is 0 Å². The van der Waals surface area contributed by atoms with Gasteiger partial charge in [-0.2, -0.15) is 0 Å². The van der Waals surface area contributed by atoms with E-state index >= 15 is 0 Å². The van der Waals surface area contributed by atoms with E-state index in [0.29, 0.717) is 0 Å². The Morgan fingerprint density at radius 2 is 1.64 bits per heavy atom. The first kappa shape index (κ1) is 7.78. The van der Waals surface area contributed by atoms with Gasteiger partial charge in [-0.25, -0.2) is 8.78 Å². The van der Waals surface area contributed by atoms with Crippen LogP contribution in [0.5, 0.6) is 0 Å². The number of rotatable bonds is 0. The Morgan fingerprint density at radius 3 is 2.18 bits per heavy atom. The second kappa shape index (κ2) is 2.38. The monoisotopic (exact) mass is 158 g/mol. The van der Waals surface area contributed by atoms with E-state index in [1.807, 2.05) is 0 Å². The predicted octanol–water partition coefficient (Wildman–Crippen LogP) is 1.44. The fourth-order valence-corrected chi connectivity index (χ4v) is 0.757. The molecule has 4 heteroatoms. The molecule has 1 aromatic rings. The van der Waals surface area contributed by atoms with Crippen LogP contribution in [0.25, 0.3) is 0 Å². The summed E-state index contributed by atoms with van der Waals surface area (Å²) in [5, 5.41) is 0. The Balaban J connectivity index is 3.46. The van der Waals surface area contributed by atoms with Gasteiger partial charge in [0, 0.05) is 11.6 Å². The molecule has 0 spiro atoms. The van der Waals surface area contributed by atoms with Crippen LogP contribution in [0.4, 0.5) is 20.2 Å². The summed E-state index contributed by atoms with van der Waals surface area (Å²) in [5.74, 6) is -1.49. The first-order chi connectivity index (χ1) is 5.04. The van der Waals surface area contributed by atoms with Crippen molar-refractivity contribution < 1.29 is 8.78 Å². The lowest BCUT2D eigenvalue weighted by Crippen LogP contribution is -2.02. The molecule has 60 valence electrons. The summed E-state index contributed by atoms with van der Waals surface area (Å²) >= 11 is 0. The Morgan fingerprint density at radius 1 is 1.09 bits per heavy atom. The zero-order valence-electron chi connectivity index (χ0n) is 5.99. The molecule has 0 aliphatic carbocycles. The molecule has 0 bridgehead atoms. The third-order valence-electron chi connectivity index (χ3n) is 1.56. The average Bonchev–Trinajstić information content (AvgIpc) is 1.97. The number of benzene rings is 1. The highest BCUT2D eigenvalue weighted by atomic mass is 19.1. The predicted molar refractivity (Wildman–Crippen MR) is 39.9 cm³/mol. The molecule has 0 aromatic heterocycles. The molecule has 0 aliphatic rings. The van der Waals surface area contributed by atoms with Gasteiger partial charge < -0.3 is 11.5 Å². The number of halogens is 2. The maximum Gasteiger partial charge on any atom is 0.151 e. The van der Waals surface area contributed by atoms with Crippen LogP contribution in [0, 0.1) is 18.6 Å². The van der Waals surface area contributed by atoms with E-state index in [9.17, 15) is 8.78 Å². The van der Waals surface area contributed by atoms with Crippen molar-refractivity contribution in [3.63, 3.8) is 0 Å². The van der Waals surface area contributed by atoms with Crippen molar-refractivity contribution in [3.05, 3.63) is 23.3 Å². The van der Waals surface area contributed by atoms with Crippen molar-refractivity contribution in [1.82, 2.24) is 0 Å². The van der Waals surface area contributed by atoms with E-state index < -0.39 is 11.6 Å². The molecule has 2 nitrogen and oxygen atoms in total. The van der Waals surface area contributed by atoms with Crippen LogP contribution in [0.3, 0.4) is 0 Å². The summed E-state index contributed by atoms with van der Waals surface area (Å²) in [7, 11) is 0. The van der Waals surface area contributed by atoms with Crippen LogP contribution in [0.15, 0.2) is 6.07 Å². The first-order valence-electron chi connectivity index (χ1n) is 3.03. The van der Waals surface area contributed by atoms with Gasteiger partial charge >= 0.3 is 0 Å². The summed E-state index contributed by atoms with van der Waals surface area (Å²) in [6, 6.07) is 0.723. The molecule has 0 unspecified atom stereocenters. The lowest BCUT2D eigenvalue weighted by molar-refractivity contribution is 0.581. The first-order valence-corrected chi connectivity index (χ1v) is 3.03. The topological polar surface area (TPSA) is 52.0 Å². The minimum Gasteiger partial charge on any atom is -0.397 e. The summed E-state index contributed by atoms with van der Waals surface area (Å²) in [4.78, 5) is 0. The van der Waals surface area contributed by atoms with Gasteiger partial charge in [0.2, 0.25) is 0 Å². The number of nitrogen functional groups attached to an aromatic ring is 2. The zero-order valence-corrected chi connectivity index (χ0v) is 5.99. The number of hydrogen-bond donors (Lipinski definition) is 2. The highest BCUT2D eigenvalue weighted by Gasteiger charge is 2.09. The van der Waals surface area contributed by atoms with Crippen LogP contribution < -0.4 is 11.5 Å². The van der Waals surface area contributed by atoms with Crippen molar-refractivity contribution >= 4 is 11.4 Å². The van der Waals surface area contributed by atoms with Crippen molar-refractivity contribution in [3.8, 4) is 0 Å². The van der Waals surface area contributed by atoms with E-state index in [1.54, 1.807) is 0 Å². The molecule has 1 aromatic carbocycles. The van der Waals surface area contributed by atoms with Gasteiger partial charge in [0.25, 0.3) is 0 Å². The number of nitrogens with two attached hydrogens (primary N) is 2. The summed E-state index contributed by atoms with van der Waals surface area (Å²) in [6.45, 7) is 1.44. The van der Waals surface area contributed by atoms with E-state index in [-0.39, 0.29) is 16.9 Å². The molecule has 0 fully saturated rings. The zero-order chi connectivity index (χ0) is 8.59. The third kappa shape index (κ3) is 1.11. The Labute approximate surface area is 62.8 Å². The minimum atomic E-state index is -0.814. The smallest absolute Gasteiger partial charge is 0.151 e. The quantitative estimate of drug-likeness (QED) is 0.561. The summed E-state index contributed by atoms with van der Waals surface area (Å²) < 4.78 is 25.2. The highest BCUT2D eigenvalue weighted by molar-refractivity contribution is 5.67. The van der Waals surface area contributed by atoms with Gasteiger partial charge in [0.1, 0.15) is 5.82 Å². The molecular weight excluding hydrogens is 150 g/mol. The molecule has 0 saturated heterocycles. The molecule has 4 N–H and O–H groups in total. The number of hydrogen-bond acceptors (Lipinski definition) is 2. The molecule has 0 radical (unpaired) electrons. The molecule has 0 saturated carbocycles. The minimum absolute atomic E-state index is 0.0255. The molecular formula is C7H8F2N2. The normalized spacial score (nSPS) is 10.1. The van der Waals surface area contributed by atoms with Crippen LogP contribution in [0.1, 0.15) is 5.56 Å². The van der Waals surface area contributed by atoms with E-state index in [2.05, 4.69) is 0 Å². The van der Waals surface area contributed by atoms with Crippen LogP contribution in [-0.2, 0) is 0 Å². The molecule has 0 atom stereocenters. The number of anilines is 2.